The predicted octanol–water partition coefficient (Wildman–Crippen LogP) is 10.0. The molecule has 0 spiro atoms. The highest BCUT2D eigenvalue weighted by molar-refractivity contribution is 5.94. The largest absolute Gasteiger partial charge is 0.494 e. The fraction of sp³-hybridized carbons (Fsp3) is 0.581. The minimum absolute atomic E-state index is 0.0710. The summed E-state index contributed by atoms with van der Waals surface area (Å²) in [6.45, 7) is 23.5. The number of ketones is 1. The molecule has 0 N–H and O–H groups in total. The maximum atomic E-state index is 11.4. The molecule has 2 aromatic rings. The van der Waals surface area contributed by atoms with Crippen molar-refractivity contribution in [3.63, 3.8) is 0 Å². The molecule has 188 valence electrons. The number of aryl methyl sites for hydroxylation is 1. The number of rotatable bonds is 9. The lowest BCUT2D eigenvalue weighted by Crippen LogP contribution is -2.02. The first-order valence-electron chi connectivity index (χ1n) is 13.2. The van der Waals surface area contributed by atoms with Crippen LogP contribution in [0.25, 0.3) is 0 Å². The third-order valence-electron chi connectivity index (χ3n) is 4.81. The molecule has 0 fully saturated rings. The number of Topliss-reactive ketones (excluding diaryl/α,β-unsaturated/α-hetero) is 1. The van der Waals surface area contributed by atoms with Gasteiger partial charge >= 0.3 is 0 Å². The summed E-state index contributed by atoms with van der Waals surface area (Å²) in [6.07, 6.45) is 4.45. The van der Waals surface area contributed by atoms with Crippen molar-refractivity contribution in [3.05, 3.63) is 64.7 Å². The zero-order valence-corrected chi connectivity index (χ0v) is 23.5. The van der Waals surface area contributed by atoms with E-state index in [1.54, 1.807) is 6.92 Å². The Bertz CT molecular complexity index is 744. The number of carbonyl (C=O) groups excluding carboxylic acids is 1. The lowest BCUT2D eigenvalue weighted by atomic mass is 9.90. The van der Waals surface area contributed by atoms with Crippen LogP contribution in [0, 0.1) is 0 Å². The molecular formula is C31H52O2. The molecule has 0 atom stereocenters. The zero-order valence-electron chi connectivity index (χ0n) is 23.5. The second-order valence-electron chi connectivity index (χ2n) is 8.36. The van der Waals surface area contributed by atoms with Gasteiger partial charge in [0.25, 0.3) is 0 Å². The summed E-state index contributed by atoms with van der Waals surface area (Å²) in [5, 5.41) is 0. The third-order valence-corrected chi connectivity index (χ3v) is 4.81. The van der Waals surface area contributed by atoms with Crippen molar-refractivity contribution in [1.82, 2.24) is 0 Å². The molecule has 0 amide bonds. The number of hydrogen-bond acceptors (Lipinski definition) is 2. The Kier molecular flexibility index (Phi) is 20.6. The lowest BCUT2D eigenvalue weighted by Gasteiger charge is -2.16. The first-order valence-corrected chi connectivity index (χ1v) is 13.2. The highest BCUT2D eigenvalue weighted by Crippen LogP contribution is 2.26. The summed E-state index contributed by atoms with van der Waals surface area (Å²) in [7, 11) is 0. The number of ether oxygens (including phenoxy) is 1. The van der Waals surface area contributed by atoms with E-state index in [1.165, 1.54) is 23.1 Å². The molecule has 0 bridgehead atoms. The third kappa shape index (κ3) is 13.9. The molecular weight excluding hydrogens is 404 g/mol. The van der Waals surface area contributed by atoms with Crippen LogP contribution >= 0.6 is 0 Å². The van der Waals surface area contributed by atoms with Crippen LogP contribution in [0.15, 0.2) is 42.5 Å². The molecule has 0 aliphatic carbocycles. The van der Waals surface area contributed by atoms with E-state index < -0.39 is 0 Å². The van der Waals surface area contributed by atoms with E-state index in [0.717, 1.165) is 25.0 Å². The smallest absolute Gasteiger partial charge is 0.159 e. The molecule has 2 aromatic carbocycles. The Morgan fingerprint density at radius 2 is 1.45 bits per heavy atom. The van der Waals surface area contributed by atoms with E-state index in [2.05, 4.69) is 59.7 Å². The second kappa shape index (κ2) is 20.5. The Morgan fingerprint density at radius 1 is 0.848 bits per heavy atom. The molecule has 0 unspecified atom stereocenters. The van der Waals surface area contributed by atoms with Gasteiger partial charge in [-0.1, -0.05) is 106 Å². The first-order chi connectivity index (χ1) is 15.8. The van der Waals surface area contributed by atoms with Gasteiger partial charge < -0.3 is 4.74 Å². The summed E-state index contributed by atoms with van der Waals surface area (Å²) in [6, 6.07) is 14.4. The monoisotopic (exact) mass is 456 g/mol. The van der Waals surface area contributed by atoms with Crippen LogP contribution in [-0.4, -0.2) is 12.4 Å². The number of unbranched alkanes of at least 4 members (excludes halogenated alkanes) is 1. The van der Waals surface area contributed by atoms with Gasteiger partial charge in [-0.2, -0.15) is 0 Å². The molecule has 0 radical (unpaired) electrons. The van der Waals surface area contributed by atoms with Crippen molar-refractivity contribution in [2.24, 2.45) is 0 Å². The molecule has 2 nitrogen and oxygen atoms in total. The van der Waals surface area contributed by atoms with Gasteiger partial charge in [-0.15, -0.1) is 0 Å². The highest BCUT2D eigenvalue weighted by atomic mass is 16.5. The van der Waals surface area contributed by atoms with Crippen molar-refractivity contribution in [2.45, 2.75) is 114 Å². The Labute approximate surface area is 206 Å². The summed E-state index contributed by atoms with van der Waals surface area (Å²) >= 11 is 0. The van der Waals surface area contributed by atoms with Gasteiger partial charge in [0, 0.05) is 5.56 Å². The van der Waals surface area contributed by atoms with E-state index in [4.69, 9.17) is 4.74 Å². The van der Waals surface area contributed by atoms with Gasteiger partial charge in [-0.05, 0) is 66.8 Å². The van der Waals surface area contributed by atoms with E-state index in [0.29, 0.717) is 24.0 Å². The number of hydrogen-bond donors (Lipinski definition) is 0. The van der Waals surface area contributed by atoms with Crippen LogP contribution < -0.4 is 4.74 Å². The van der Waals surface area contributed by atoms with Crippen LogP contribution in [0.2, 0.25) is 0 Å². The lowest BCUT2D eigenvalue weighted by molar-refractivity contribution is 0.101. The number of benzene rings is 2. The molecule has 2 rings (SSSR count). The van der Waals surface area contributed by atoms with Crippen molar-refractivity contribution in [2.75, 3.05) is 6.61 Å². The van der Waals surface area contributed by atoms with Crippen molar-refractivity contribution >= 4 is 5.78 Å². The zero-order chi connectivity index (χ0) is 25.8. The maximum Gasteiger partial charge on any atom is 0.159 e. The van der Waals surface area contributed by atoms with Crippen LogP contribution in [0.1, 0.15) is 134 Å². The molecule has 0 saturated carbocycles. The van der Waals surface area contributed by atoms with Crippen LogP contribution in [0.3, 0.4) is 0 Å². The normalized spacial score (nSPS) is 9.73. The Balaban J connectivity index is 0. The van der Waals surface area contributed by atoms with Gasteiger partial charge in [0.1, 0.15) is 5.75 Å². The summed E-state index contributed by atoms with van der Waals surface area (Å²) in [5.41, 5.74) is 5.06. The van der Waals surface area contributed by atoms with Gasteiger partial charge in [0.15, 0.2) is 5.78 Å². The van der Waals surface area contributed by atoms with E-state index in [-0.39, 0.29) is 5.78 Å². The molecule has 0 heterocycles. The minimum Gasteiger partial charge on any atom is -0.494 e. The summed E-state index contributed by atoms with van der Waals surface area (Å²) in [4.78, 5) is 11.4. The Morgan fingerprint density at radius 3 is 1.97 bits per heavy atom. The summed E-state index contributed by atoms with van der Waals surface area (Å²) in [5.74, 6) is 1.97. The van der Waals surface area contributed by atoms with Gasteiger partial charge in [-0.25, -0.2) is 0 Å². The predicted molar refractivity (Wildman–Crippen MR) is 148 cm³/mol. The van der Waals surface area contributed by atoms with Crippen LogP contribution in [0.5, 0.6) is 5.75 Å². The average molecular weight is 457 g/mol. The van der Waals surface area contributed by atoms with Crippen LogP contribution in [-0.2, 0) is 6.42 Å². The molecule has 0 aliphatic rings. The molecule has 0 aliphatic heterocycles. The van der Waals surface area contributed by atoms with Crippen molar-refractivity contribution in [3.8, 4) is 5.75 Å². The van der Waals surface area contributed by atoms with E-state index >= 15 is 0 Å². The summed E-state index contributed by atoms with van der Waals surface area (Å²) < 4.78 is 5.82. The fourth-order valence-corrected chi connectivity index (χ4v) is 3.18. The Hall–Kier alpha value is -2.09. The second-order valence-corrected chi connectivity index (χ2v) is 8.36. The highest BCUT2D eigenvalue weighted by Gasteiger charge is 2.09. The minimum atomic E-state index is 0.0710. The number of carbonyl (C=O) groups is 1. The van der Waals surface area contributed by atoms with E-state index in [9.17, 15) is 4.79 Å². The van der Waals surface area contributed by atoms with Crippen molar-refractivity contribution < 1.29 is 9.53 Å². The first kappa shape index (κ1) is 33.1. The van der Waals surface area contributed by atoms with Gasteiger partial charge in [0.05, 0.1) is 6.61 Å². The maximum absolute atomic E-state index is 11.4. The molecule has 33 heavy (non-hydrogen) atoms. The standard InChI is InChI=1S/C24H32O2.C3H8.2C2H6/c1-17(2)20-12-13-24(18(3)4)22(15-20)9-6-7-14-26-23-11-8-10-21(16-23)19(5)25;1-3-2;2*1-2/h8,10-13,15-18H,6-7,9,14H2,1-5H3;3H2,1-2H3;2*1-2H3. The van der Waals surface area contributed by atoms with Gasteiger partial charge in [0.2, 0.25) is 0 Å². The molecule has 2 heteroatoms. The molecule has 0 saturated heterocycles. The molecule has 0 aromatic heterocycles. The topological polar surface area (TPSA) is 26.3 Å². The SMILES string of the molecule is CC.CC.CC(=O)c1cccc(OCCCCc2cc(C(C)C)ccc2C(C)C)c1.CCC. The fourth-order valence-electron chi connectivity index (χ4n) is 3.18. The van der Waals surface area contributed by atoms with Crippen molar-refractivity contribution in [1.29, 1.82) is 0 Å². The van der Waals surface area contributed by atoms with Gasteiger partial charge in [-0.3, -0.25) is 4.79 Å². The van der Waals surface area contributed by atoms with E-state index in [1.807, 2.05) is 52.0 Å². The average Bonchev–Trinajstić information content (AvgIpc) is 2.82. The van der Waals surface area contributed by atoms with Crippen LogP contribution in [0.4, 0.5) is 0 Å². The quantitative estimate of drug-likeness (QED) is 0.277.